The Morgan fingerprint density at radius 3 is 2.73 bits per heavy atom. The van der Waals surface area contributed by atoms with Crippen molar-refractivity contribution in [1.29, 1.82) is 0 Å². The molecule has 0 amide bonds. The van der Waals surface area contributed by atoms with Gasteiger partial charge in [-0.1, -0.05) is 31.2 Å². The third kappa shape index (κ3) is 7.34. The number of hydrogen-bond donors (Lipinski definition) is 1. The minimum atomic E-state index is 0.276. The highest BCUT2D eigenvalue weighted by atomic mass is 16.2. The summed E-state index contributed by atoms with van der Waals surface area (Å²) in [6, 6.07) is 0. The highest BCUT2D eigenvalue weighted by Gasteiger charge is 1.93. The second-order valence-corrected chi connectivity index (χ2v) is 3.08. The maximum Gasteiger partial charge on any atom is 0.0436 e. The van der Waals surface area contributed by atoms with E-state index in [4.69, 9.17) is 5.11 Å². The highest BCUT2D eigenvalue weighted by Crippen LogP contribution is 2.05. The van der Waals surface area contributed by atoms with Gasteiger partial charge in [-0.15, -0.1) is 0 Å². The Hall–Kier alpha value is -0.560. The lowest BCUT2D eigenvalue weighted by molar-refractivity contribution is 0.274. The summed E-state index contributed by atoms with van der Waals surface area (Å²) in [7, 11) is 0. The third-order valence-electron chi connectivity index (χ3n) is 1.52. The summed E-state index contributed by atoms with van der Waals surface area (Å²) in [4.78, 5) is 0. The zero-order valence-corrected chi connectivity index (χ0v) is 7.51. The molecule has 1 heteroatoms. The van der Waals surface area contributed by atoms with E-state index in [1.165, 1.54) is 5.57 Å². The van der Waals surface area contributed by atoms with Gasteiger partial charge in [0.15, 0.2) is 0 Å². The van der Waals surface area contributed by atoms with Crippen molar-refractivity contribution < 1.29 is 5.11 Å². The van der Waals surface area contributed by atoms with Crippen LogP contribution in [0.15, 0.2) is 24.3 Å². The van der Waals surface area contributed by atoms with Crippen LogP contribution in [0.3, 0.4) is 0 Å². The van der Waals surface area contributed by atoms with E-state index in [1.54, 1.807) is 0 Å². The summed E-state index contributed by atoms with van der Waals surface area (Å²) >= 11 is 0. The quantitative estimate of drug-likeness (QED) is 0.603. The fraction of sp³-hybridized carbons (Fsp3) is 0.600. The van der Waals surface area contributed by atoms with Gasteiger partial charge in [0.05, 0.1) is 0 Å². The van der Waals surface area contributed by atoms with Gasteiger partial charge in [-0.25, -0.2) is 0 Å². The fourth-order valence-corrected chi connectivity index (χ4v) is 0.801. The largest absolute Gasteiger partial charge is 0.396 e. The second-order valence-electron chi connectivity index (χ2n) is 3.08. The number of allylic oxidation sites excluding steroid dienone is 3. The van der Waals surface area contributed by atoms with Gasteiger partial charge >= 0.3 is 0 Å². The third-order valence-corrected chi connectivity index (χ3v) is 1.52. The molecule has 0 heterocycles. The lowest BCUT2D eigenvalue weighted by Crippen LogP contribution is -1.92. The first-order chi connectivity index (χ1) is 5.16. The molecule has 0 aliphatic rings. The molecule has 0 spiro atoms. The first-order valence-corrected chi connectivity index (χ1v) is 4.08. The number of rotatable bonds is 5. The zero-order chi connectivity index (χ0) is 8.69. The molecule has 0 aromatic rings. The van der Waals surface area contributed by atoms with E-state index in [0.29, 0.717) is 5.92 Å². The van der Waals surface area contributed by atoms with Crippen molar-refractivity contribution in [2.75, 3.05) is 6.61 Å². The molecular formula is C10H18O. The van der Waals surface area contributed by atoms with Crippen LogP contribution in [0.5, 0.6) is 0 Å². The van der Waals surface area contributed by atoms with Crippen molar-refractivity contribution in [2.45, 2.75) is 26.7 Å². The molecule has 0 unspecified atom stereocenters. The summed E-state index contributed by atoms with van der Waals surface area (Å²) in [6.07, 6.45) is 6.05. The number of aliphatic hydroxyl groups excluding tert-OH is 1. The van der Waals surface area contributed by atoms with Gasteiger partial charge in [-0.3, -0.25) is 0 Å². The van der Waals surface area contributed by atoms with Crippen LogP contribution in [0.1, 0.15) is 26.7 Å². The predicted octanol–water partition coefficient (Wildman–Crippen LogP) is 2.53. The van der Waals surface area contributed by atoms with Gasteiger partial charge in [0, 0.05) is 6.61 Å². The highest BCUT2D eigenvalue weighted by molar-refractivity contribution is 4.99. The van der Waals surface area contributed by atoms with E-state index in [1.807, 2.05) is 6.92 Å². The van der Waals surface area contributed by atoms with Crippen molar-refractivity contribution in [3.8, 4) is 0 Å². The monoisotopic (exact) mass is 154 g/mol. The van der Waals surface area contributed by atoms with Gasteiger partial charge in [0.1, 0.15) is 0 Å². The molecule has 1 atom stereocenters. The molecule has 0 saturated carbocycles. The second kappa shape index (κ2) is 6.17. The predicted molar refractivity (Wildman–Crippen MR) is 49.4 cm³/mol. The van der Waals surface area contributed by atoms with Gasteiger partial charge in [-0.2, -0.15) is 0 Å². The molecule has 0 aliphatic heterocycles. The molecule has 0 bridgehead atoms. The maximum atomic E-state index is 8.59. The summed E-state index contributed by atoms with van der Waals surface area (Å²) in [5.74, 6) is 0.486. The molecule has 0 rings (SSSR count). The van der Waals surface area contributed by atoms with Crippen LogP contribution in [0.4, 0.5) is 0 Å². The van der Waals surface area contributed by atoms with Crippen LogP contribution in [-0.2, 0) is 0 Å². The average molecular weight is 154 g/mol. The number of hydrogen-bond acceptors (Lipinski definition) is 1. The van der Waals surface area contributed by atoms with Gasteiger partial charge in [-0.05, 0) is 25.7 Å². The Morgan fingerprint density at radius 2 is 2.27 bits per heavy atom. The molecule has 0 saturated heterocycles. The van der Waals surface area contributed by atoms with E-state index in [0.717, 1.165) is 12.8 Å². The molecule has 11 heavy (non-hydrogen) atoms. The van der Waals surface area contributed by atoms with Crippen LogP contribution in [0.2, 0.25) is 0 Å². The fourth-order valence-electron chi connectivity index (χ4n) is 0.801. The summed E-state index contributed by atoms with van der Waals surface area (Å²) in [6.45, 7) is 8.19. The minimum absolute atomic E-state index is 0.276. The van der Waals surface area contributed by atoms with Gasteiger partial charge < -0.3 is 5.11 Å². The number of aliphatic hydroxyl groups is 1. The Morgan fingerprint density at radius 1 is 1.64 bits per heavy atom. The topological polar surface area (TPSA) is 20.2 Å². The molecule has 0 aromatic heterocycles. The Balaban J connectivity index is 3.47. The first kappa shape index (κ1) is 10.4. The first-order valence-electron chi connectivity index (χ1n) is 4.08. The zero-order valence-electron chi connectivity index (χ0n) is 7.51. The minimum Gasteiger partial charge on any atom is -0.396 e. The van der Waals surface area contributed by atoms with Crippen molar-refractivity contribution in [3.63, 3.8) is 0 Å². The molecule has 1 N–H and O–H groups in total. The maximum absolute atomic E-state index is 8.59. The van der Waals surface area contributed by atoms with E-state index in [2.05, 4.69) is 25.7 Å². The van der Waals surface area contributed by atoms with E-state index in [9.17, 15) is 0 Å². The summed E-state index contributed by atoms with van der Waals surface area (Å²) < 4.78 is 0. The lowest BCUT2D eigenvalue weighted by Gasteiger charge is -2.01. The van der Waals surface area contributed by atoms with Gasteiger partial charge in [0.25, 0.3) is 0 Å². The van der Waals surface area contributed by atoms with E-state index < -0.39 is 0 Å². The standard InChI is InChI=1S/C10H18O/c1-9(2)5-4-6-10(3)7-8-11/h4,6,10-11H,1,5,7-8H2,2-3H3/b6-4+/t10-/m0/s1. The smallest absolute Gasteiger partial charge is 0.0436 e. The van der Waals surface area contributed by atoms with Crippen molar-refractivity contribution in [1.82, 2.24) is 0 Å². The van der Waals surface area contributed by atoms with Crippen molar-refractivity contribution >= 4 is 0 Å². The van der Waals surface area contributed by atoms with Crippen LogP contribution in [0, 0.1) is 5.92 Å². The molecule has 0 radical (unpaired) electrons. The average Bonchev–Trinajstić information content (AvgIpc) is 1.87. The van der Waals surface area contributed by atoms with Gasteiger partial charge in [0.2, 0.25) is 0 Å². The SMILES string of the molecule is C=C(C)C/C=C/[C@H](C)CCO. The normalized spacial score (nSPS) is 13.7. The molecular weight excluding hydrogens is 136 g/mol. The van der Waals surface area contributed by atoms with E-state index >= 15 is 0 Å². The Kier molecular flexibility index (Phi) is 5.86. The Bertz CT molecular complexity index is 136. The summed E-state index contributed by atoms with van der Waals surface area (Å²) in [5.41, 5.74) is 1.18. The van der Waals surface area contributed by atoms with Crippen LogP contribution < -0.4 is 0 Å². The van der Waals surface area contributed by atoms with Crippen LogP contribution in [0.25, 0.3) is 0 Å². The molecule has 64 valence electrons. The molecule has 1 nitrogen and oxygen atoms in total. The Labute approximate surface area is 69.4 Å². The summed E-state index contributed by atoms with van der Waals surface area (Å²) in [5, 5.41) is 8.59. The molecule has 0 aromatic carbocycles. The lowest BCUT2D eigenvalue weighted by atomic mass is 10.1. The van der Waals surface area contributed by atoms with Crippen LogP contribution in [-0.4, -0.2) is 11.7 Å². The molecule has 0 fully saturated rings. The van der Waals surface area contributed by atoms with E-state index in [-0.39, 0.29) is 6.61 Å². The molecule has 0 aliphatic carbocycles. The van der Waals surface area contributed by atoms with Crippen molar-refractivity contribution in [3.05, 3.63) is 24.3 Å². The van der Waals surface area contributed by atoms with Crippen LogP contribution >= 0.6 is 0 Å². The van der Waals surface area contributed by atoms with Crippen molar-refractivity contribution in [2.24, 2.45) is 5.92 Å².